The number of para-hydroxylation sites is 1. The second kappa shape index (κ2) is 11.6. The molecule has 0 saturated carbocycles. The summed E-state index contributed by atoms with van der Waals surface area (Å²) in [6.07, 6.45) is 1.32. The molecule has 180 valence electrons. The Bertz CT molecular complexity index is 973. The second-order valence-corrected chi connectivity index (χ2v) is 9.41. The van der Waals surface area contributed by atoms with Crippen molar-refractivity contribution in [2.24, 2.45) is 5.92 Å². The monoisotopic (exact) mass is 478 g/mol. The largest absolute Gasteiger partial charge is 0.462 e. The van der Waals surface area contributed by atoms with E-state index in [2.05, 4.69) is 10.1 Å². The first kappa shape index (κ1) is 25.1. The number of hydrogen-bond acceptors (Lipinski definition) is 9. The molecule has 0 radical (unpaired) electrons. The van der Waals surface area contributed by atoms with E-state index >= 15 is 0 Å². The van der Waals surface area contributed by atoms with Crippen LogP contribution in [0.4, 0.5) is 5.82 Å². The number of ether oxygens (including phenoxy) is 2. The highest BCUT2D eigenvalue weighted by atomic mass is 31.2. The molecule has 1 aromatic carbocycles. The van der Waals surface area contributed by atoms with Gasteiger partial charge in [0.15, 0.2) is 0 Å². The van der Waals surface area contributed by atoms with Gasteiger partial charge in [-0.15, -0.1) is 0 Å². The zero-order valence-electron chi connectivity index (χ0n) is 19.2. The van der Waals surface area contributed by atoms with E-state index in [0.29, 0.717) is 12.2 Å². The predicted molar refractivity (Wildman–Crippen MR) is 124 cm³/mol. The van der Waals surface area contributed by atoms with E-state index < -0.39 is 32.5 Å². The summed E-state index contributed by atoms with van der Waals surface area (Å²) in [6, 6.07) is 10.1. The lowest BCUT2D eigenvalue weighted by Crippen LogP contribution is -2.35. The molecule has 1 saturated heterocycles. The number of anilines is 1. The van der Waals surface area contributed by atoms with Gasteiger partial charge >= 0.3 is 20.2 Å². The van der Waals surface area contributed by atoms with Crippen LogP contribution in [-0.4, -0.2) is 40.4 Å². The molecule has 10 nitrogen and oxygen atoms in total. The normalized spacial score (nSPS) is 22.2. The Labute approximate surface area is 194 Å². The maximum atomic E-state index is 12.2. The van der Waals surface area contributed by atoms with E-state index in [1.54, 1.807) is 33.0 Å². The maximum absolute atomic E-state index is 12.2. The second-order valence-electron chi connectivity index (χ2n) is 8.20. The number of nitrogens with two attached hydrogens (primary N) is 1. The minimum Gasteiger partial charge on any atom is -0.462 e. The number of carbonyl (C=O) groups excluding carboxylic acids is 1. The van der Waals surface area contributed by atoms with Crippen LogP contribution in [0.15, 0.2) is 47.4 Å². The minimum absolute atomic E-state index is 0.0656. The van der Waals surface area contributed by atoms with Gasteiger partial charge in [0.05, 0.1) is 18.8 Å². The van der Waals surface area contributed by atoms with Crippen LogP contribution in [0.1, 0.15) is 40.3 Å². The number of esters is 1. The number of nitrogens with zero attached hydrogens (tertiary/aromatic N) is 2. The molecule has 5 atom stereocenters. The third-order valence-corrected chi connectivity index (χ3v) is 6.25. The lowest BCUT2D eigenvalue weighted by molar-refractivity contribution is -0.149. The summed E-state index contributed by atoms with van der Waals surface area (Å²) < 4.78 is 24.8. The molecule has 0 bridgehead atoms. The van der Waals surface area contributed by atoms with E-state index in [-0.39, 0.29) is 30.6 Å². The Morgan fingerprint density at radius 3 is 2.70 bits per heavy atom. The van der Waals surface area contributed by atoms with Gasteiger partial charge in [0.1, 0.15) is 23.8 Å². The Balaban J connectivity index is 1.63. The van der Waals surface area contributed by atoms with Crippen molar-refractivity contribution in [3.63, 3.8) is 0 Å². The van der Waals surface area contributed by atoms with E-state index in [1.165, 1.54) is 4.57 Å². The van der Waals surface area contributed by atoms with Gasteiger partial charge in [-0.1, -0.05) is 25.1 Å². The van der Waals surface area contributed by atoms with Crippen LogP contribution < -0.4 is 21.0 Å². The zero-order chi connectivity index (χ0) is 24.0. The maximum Gasteiger partial charge on any atom is 0.351 e. The van der Waals surface area contributed by atoms with Gasteiger partial charge in [0, 0.05) is 12.1 Å². The molecular formula is C22H31N4O6P. The van der Waals surface area contributed by atoms with Gasteiger partial charge in [0.2, 0.25) is 0 Å². The molecule has 1 fully saturated rings. The van der Waals surface area contributed by atoms with Gasteiger partial charge in [0.25, 0.3) is 0 Å². The molecule has 0 aliphatic carbocycles. The van der Waals surface area contributed by atoms with Crippen molar-refractivity contribution in [1.82, 2.24) is 14.6 Å². The summed E-state index contributed by atoms with van der Waals surface area (Å²) >= 11 is 0. The summed E-state index contributed by atoms with van der Waals surface area (Å²) in [5.41, 5.74) is 5.13. The van der Waals surface area contributed by atoms with Crippen molar-refractivity contribution in [2.45, 2.75) is 58.6 Å². The fourth-order valence-corrected chi connectivity index (χ4v) is 4.56. The number of nitrogens with one attached hydrogen (secondary N) is 1. The SMILES string of the molecule is CC(C)OC(=O)[C@H](C)N[P@@](OCC1CC(C)C(n2ccc(N)nc2=O)O1)Oc1ccccc1. The van der Waals surface area contributed by atoms with Crippen LogP contribution in [0, 0.1) is 5.92 Å². The molecular weight excluding hydrogens is 447 g/mol. The molecule has 1 aliphatic rings. The van der Waals surface area contributed by atoms with Crippen molar-refractivity contribution in [1.29, 1.82) is 0 Å². The fourth-order valence-electron chi connectivity index (χ4n) is 3.35. The molecule has 2 heterocycles. The minimum atomic E-state index is -1.67. The first-order chi connectivity index (χ1) is 15.7. The van der Waals surface area contributed by atoms with Crippen LogP contribution in [0.3, 0.4) is 0 Å². The first-order valence-corrected chi connectivity index (χ1v) is 12.0. The number of hydrogen-bond donors (Lipinski definition) is 2. The predicted octanol–water partition coefficient (Wildman–Crippen LogP) is 3.00. The molecule has 1 aliphatic heterocycles. The standard InChI is InChI=1S/C22H31N4O6P/c1-14(2)30-21(27)16(4)25-33(32-17-8-6-5-7-9-17)29-13-18-12-15(3)20(31-18)26-11-10-19(23)24-22(26)28/h5-11,14-16,18,20,25H,12-13H2,1-4H3,(H2,23,24,28)/t15?,16-,18?,20?,33-/m0/s1. The van der Waals surface area contributed by atoms with Gasteiger partial charge in [-0.05, 0) is 45.4 Å². The zero-order valence-corrected chi connectivity index (χ0v) is 20.1. The van der Waals surface area contributed by atoms with Gasteiger partial charge in [-0.2, -0.15) is 4.98 Å². The third kappa shape index (κ3) is 7.23. The summed E-state index contributed by atoms with van der Waals surface area (Å²) in [7, 11) is -1.67. The highest BCUT2D eigenvalue weighted by molar-refractivity contribution is 7.45. The molecule has 33 heavy (non-hydrogen) atoms. The Kier molecular flexibility index (Phi) is 8.80. The number of rotatable bonds is 10. The van der Waals surface area contributed by atoms with E-state index in [1.807, 2.05) is 37.3 Å². The summed E-state index contributed by atoms with van der Waals surface area (Å²) in [5.74, 6) is 0.454. The van der Waals surface area contributed by atoms with Crippen LogP contribution >= 0.6 is 8.53 Å². The highest BCUT2D eigenvalue weighted by Gasteiger charge is 2.35. The van der Waals surface area contributed by atoms with Crippen molar-refractivity contribution in [3.8, 4) is 5.75 Å². The molecule has 3 N–H and O–H groups in total. The van der Waals surface area contributed by atoms with Crippen LogP contribution in [0.2, 0.25) is 0 Å². The first-order valence-electron chi connectivity index (χ1n) is 10.9. The van der Waals surface area contributed by atoms with Crippen molar-refractivity contribution in [2.75, 3.05) is 12.3 Å². The Morgan fingerprint density at radius 1 is 1.30 bits per heavy atom. The van der Waals surface area contributed by atoms with Crippen LogP contribution in [0.25, 0.3) is 0 Å². The van der Waals surface area contributed by atoms with Crippen molar-refractivity contribution >= 4 is 20.3 Å². The lowest BCUT2D eigenvalue weighted by Gasteiger charge is -2.23. The fraction of sp³-hybridized carbons (Fsp3) is 0.500. The number of benzene rings is 1. The molecule has 0 spiro atoms. The van der Waals surface area contributed by atoms with Crippen LogP contribution in [-0.2, 0) is 18.8 Å². The van der Waals surface area contributed by atoms with Crippen LogP contribution in [0.5, 0.6) is 5.75 Å². The average Bonchev–Trinajstić information content (AvgIpc) is 3.12. The summed E-state index contributed by atoms with van der Waals surface area (Å²) in [6.45, 7) is 7.50. The average molecular weight is 478 g/mol. The Hall–Kier alpha value is -2.52. The lowest BCUT2D eigenvalue weighted by atomic mass is 10.1. The topological polar surface area (TPSA) is 127 Å². The molecule has 11 heteroatoms. The number of aromatic nitrogens is 2. The molecule has 3 unspecified atom stereocenters. The summed E-state index contributed by atoms with van der Waals surface area (Å²) in [4.78, 5) is 28.2. The number of carbonyl (C=O) groups is 1. The summed E-state index contributed by atoms with van der Waals surface area (Å²) in [5, 5.41) is 3.08. The van der Waals surface area contributed by atoms with Crippen molar-refractivity contribution < 1.29 is 23.3 Å². The van der Waals surface area contributed by atoms with Gasteiger partial charge < -0.3 is 24.3 Å². The van der Waals surface area contributed by atoms with E-state index in [9.17, 15) is 9.59 Å². The van der Waals surface area contributed by atoms with E-state index in [0.717, 1.165) is 0 Å². The highest BCUT2D eigenvalue weighted by Crippen LogP contribution is 2.39. The third-order valence-electron chi connectivity index (χ3n) is 4.89. The van der Waals surface area contributed by atoms with Gasteiger partial charge in [-0.25, -0.2) is 9.88 Å². The molecule has 1 aromatic heterocycles. The van der Waals surface area contributed by atoms with Gasteiger partial charge in [-0.3, -0.25) is 9.36 Å². The molecule has 3 rings (SSSR count). The quantitative estimate of drug-likeness (QED) is 0.391. The van der Waals surface area contributed by atoms with E-state index in [4.69, 9.17) is 24.3 Å². The number of nitrogen functional groups attached to an aromatic ring is 1. The van der Waals surface area contributed by atoms with Crippen molar-refractivity contribution in [3.05, 3.63) is 53.1 Å². The molecule has 0 amide bonds. The smallest absolute Gasteiger partial charge is 0.351 e. The molecule has 2 aromatic rings. The Morgan fingerprint density at radius 2 is 2.03 bits per heavy atom.